The number of thiophene rings is 1. The number of nitro groups is 1. The smallest absolute Gasteiger partial charge is 0.348 e. The number of non-ortho nitro benzene ring substituents is 1. The number of nitrogens with zero attached hydrogens (tertiary/aromatic N) is 4. The first-order valence-corrected chi connectivity index (χ1v) is 14.9. The number of benzene rings is 1. The number of hydrogen-bond donors (Lipinski definition) is 2. The van der Waals surface area contributed by atoms with E-state index >= 15 is 0 Å². The van der Waals surface area contributed by atoms with Crippen molar-refractivity contribution in [3.8, 4) is 5.69 Å². The second kappa shape index (κ2) is 14.4. The van der Waals surface area contributed by atoms with Gasteiger partial charge in [0.2, 0.25) is 5.91 Å². The molecule has 0 saturated heterocycles. The highest BCUT2D eigenvalue weighted by Crippen LogP contribution is 2.35. The van der Waals surface area contributed by atoms with E-state index in [9.17, 15) is 29.3 Å². The first-order valence-electron chi connectivity index (χ1n) is 13.1. The zero-order valence-electron chi connectivity index (χ0n) is 23.6. The van der Waals surface area contributed by atoms with Gasteiger partial charge in [-0.15, -0.1) is 21.5 Å². The van der Waals surface area contributed by atoms with Gasteiger partial charge in [-0.25, -0.2) is 9.59 Å². The van der Waals surface area contributed by atoms with E-state index in [1.54, 1.807) is 31.4 Å². The molecule has 0 aliphatic heterocycles. The zero-order chi connectivity index (χ0) is 31.8. The van der Waals surface area contributed by atoms with Gasteiger partial charge in [0.15, 0.2) is 16.7 Å². The summed E-state index contributed by atoms with van der Waals surface area (Å²) in [5.41, 5.74) is 0.702. The Morgan fingerprint density at radius 1 is 1.07 bits per heavy atom. The number of furan rings is 1. The van der Waals surface area contributed by atoms with Gasteiger partial charge in [-0.2, -0.15) is 0 Å². The molecule has 230 valence electrons. The largest absolute Gasteiger partial charge is 0.462 e. The summed E-state index contributed by atoms with van der Waals surface area (Å²) < 4.78 is 16.9. The molecule has 0 radical (unpaired) electrons. The van der Waals surface area contributed by atoms with Crippen LogP contribution in [0.4, 0.5) is 10.7 Å². The Bertz CT molecular complexity index is 1680. The highest BCUT2D eigenvalue weighted by Gasteiger charge is 2.27. The van der Waals surface area contributed by atoms with E-state index in [0.29, 0.717) is 11.3 Å². The number of hydrogen-bond acceptors (Lipinski definition) is 13. The SMILES string of the molecule is CCOC(=O)c1sc(NC(=O)CSc2nnc(CNC(=O)c3ccco3)n2-c2ccc([N+](=O)[O-])cc2)c(C(=O)OCC)c1C. The van der Waals surface area contributed by atoms with E-state index in [1.807, 2.05) is 0 Å². The molecule has 0 spiro atoms. The van der Waals surface area contributed by atoms with Crippen LogP contribution in [0.15, 0.2) is 52.2 Å². The summed E-state index contributed by atoms with van der Waals surface area (Å²) in [6.45, 7) is 5.00. The number of nitro benzene ring substituents is 1. The van der Waals surface area contributed by atoms with Gasteiger partial charge in [0.1, 0.15) is 9.88 Å². The Balaban J connectivity index is 1.56. The number of amides is 2. The maximum Gasteiger partial charge on any atom is 0.348 e. The number of esters is 2. The summed E-state index contributed by atoms with van der Waals surface area (Å²) in [5.74, 6) is -2.17. The molecule has 3 aromatic heterocycles. The fraction of sp³-hybridized carbons (Fsp3) is 0.259. The molecule has 2 N–H and O–H groups in total. The molecule has 0 bridgehead atoms. The van der Waals surface area contributed by atoms with E-state index in [-0.39, 0.29) is 63.4 Å². The number of rotatable bonds is 13. The highest BCUT2D eigenvalue weighted by atomic mass is 32.2. The summed E-state index contributed by atoms with van der Waals surface area (Å²) in [5, 5.41) is 25.2. The molecule has 4 rings (SSSR count). The lowest BCUT2D eigenvalue weighted by Gasteiger charge is -2.11. The van der Waals surface area contributed by atoms with Gasteiger partial charge in [-0.05, 0) is 50.6 Å². The van der Waals surface area contributed by atoms with Gasteiger partial charge in [0, 0.05) is 17.8 Å². The third-order valence-corrected chi connectivity index (χ3v) is 7.96. The molecule has 1 aromatic carbocycles. The lowest BCUT2D eigenvalue weighted by molar-refractivity contribution is -0.384. The lowest BCUT2D eigenvalue weighted by atomic mass is 10.1. The van der Waals surface area contributed by atoms with Crippen LogP contribution in [0, 0.1) is 17.0 Å². The molecule has 3 heterocycles. The molecular formula is C27H26N6O9S2. The highest BCUT2D eigenvalue weighted by molar-refractivity contribution is 7.99. The molecule has 44 heavy (non-hydrogen) atoms. The predicted molar refractivity (Wildman–Crippen MR) is 158 cm³/mol. The monoisotopic (exact) mass is 642 g/mol. The molecule has 15 nitrogen and oxygen atoms in total. The Labute approximate surface area is 258 Å². The van der Waals surface area contributed by atoms with Crippen molar-refractivity contribution < 1.29 is 38.0 Å². The van der Waals surface area contributed by atoms with Crippen LogP contribution in [0.25, 0.3) is 5.69 Å². The first-order chi connectivity index (χ1) is 21.1. The topological polar surface area (TPSA) is 198 Å². The lowest BCUT2D eigenvalue weighted by Crippen LogP contribution is -2.24. The maximum atomic E-state index is 13.1. The molecular weight excluding hydrogens is 616 g/mol. The van der Waals surface area contributed by atoms with Crippen molar-refractivity contribution in [3.63, 3.8) is 0 Å². The van der Waals surface area contributed by atoms with Crippen molar-refractivity contribution in [2.75, 3.05) is 24.3 Å². The minimum atomic E-state index is -0.695. The summed E-state index contributed by atoms with van der Waals surface area (Å²) in [4.78, 5) is 61.4. The van der Waals surface area contributed by atoms with E-state index in [4.69, 9.17) is 13.9 Å². The second-order valence-corrected chi connectivity index (χ2v) is 10.7. The Hall–Kier alpha value is -5.03. The number of carbonyl (C=O) groups is 4. The van der Waals surface area contributed by atoms with Gasteiger partial charge in [0.05, 0.1) is 42.3 Å². The van der Waals surface area contributed by atoms with E-state index in [1.165, 1.54) is 36.6 Å². The number of ether oxygens (including phenoxy) is 2. The summed E-state index contributed by atoms with van der Waals surface area (Å²) >= 11 is 1.89. The molecule has 0 aliphatic rings. The van der Waals surface area contributed by atoms with Crippen molar-refractivity contribution in [1.82, 2.24) is 20.1 Å². The van der Waals surface area contributed by atoms with Crippen LogP contribution in [0.1, 0.15) is 55.8 Å². The quantitative estimate of drug-likeness (QED) is 0.0915. The van der Waals surface area contributed by atoms with Gasteiger partial charge in [-0.1, -0.05) is 11.8 Å². The van der Waals surface area contributed by atoms with Crippen molar-refractivity contribution >= 4 is 57.5 Å². The molecule has 0 unspecified atom stereocenters. The van der Waals surface area contributed by atoms with Crippen LogP contribution in [-0.4, -0.2) is 62.4 Å². The van der Waals surface area contributed by atoms with Crippen molar-refractivity contribution in [3.05, 3.63) is 80.4 Å². The molecule has 17 heteroatoms. The van der Waals surface area contributed by atoms with Crippen molar-refractivity contribution in [2.24, 2.45) is 0 Å². The normalized spacial score (nSPS) is 10.7. The molecule has 0 aliphatic carbocycles. The van der Waals surface area contributed by atoms with E-state index < -0.39 is 28.7 Å². The van der Waals surface area contributed by atoms with Crippen LogP contribution >= 0.6 is 23.1 Å². The summed E-state index contributed by atoms with van der Waals surface area (Å²) in [6.07, 6.45) is 1.36. The minimum absolute atomic E-state index is 0.0573. The van der Waals surface area contributed by atoms with Crippen molar-refractivity contribution in [1.29, 1.82) is 0 Å². The van der Waals surface area contributed by atoms with Gasteiger partial charge < -0.3 is 24.5 Å². The zero-order valence-corrected chi connectivity index (χ0v) is 25.3. The third-order valence-electron chi connectivity index (χ3n) is 5.84. The average molecular weight is 643 g/mol. The first kappa shape index (κ1) is 31.9. The predicted octanol–water partition coefficient (Wildman–Crippen LogP) is 4.15. The Kier molecular flexibility index (Phi) is 10.5. The number of aromatic nitrogens is 3. The van der Waals surface area contributed by atoms with Crippen LogP contribution < -0.4 is 10.6 Å². The van der Waals surface area contributed by atoms with Crippen LogP contribution in [0.5, 0.6) is 0 Å². The Morgan fingerprint density at radius 2 is 1.77 bits per heavy atom. The summed E-state index contributed by atoms with van der Waals surface area (Å²) in [7, 11) is 0. The molecule has 4 aromatic rings. The fourth-order valence-corrected chi connectivity index (χ4v) is 5.76. The molecule has 0 fully saturated rings. The Morgan fingerprint density at radius 3 is 2.41 bits per heavy atom. The maximum absolute atomic E-state index is 13.1. The van der Waals surface area contributed by atoms with Gasteiger partial charge >= 0.3 is 11.9 Å². The van der Waals surface area contributed by atoms with Crippen molar-refractivity contribution in [2.45, 2.75) is 32.5 Å². The third kappa shape index (κ3) is 7.30. The van der Waals surface area contributed by atoms with Crippen LogP contribution in [0.2, 0.25) is 0 Å². The molecule has 2 amide bonds. The number of thioether (sulfide) groups is 1. The van der Waals surface area contributed by atoms with Gasteiger partial charge in [-0.3, -0.25) is 24.3 Å². The molecule has 0 atom stereocenters. The standard InChI is InChI=1S/C27H26N6O9S2/c1-4-40-25(36)21-15(3)22(26(37)41-5-2)44-24(21)29-20(34)14-43-27-31-30-19(13-28-23(35)18-7-6-12-42-18)32(27)16-8-10-17(11-9-16)33(38)39/h6-12H,4-5,13-14H2,1-3H3,(H,28,35)(H,29,34). The number of anilines is 1. The van der Waals surface area contributed by atoms with Crippen LogP contribution in [0.3, 0.4) is 0 Å². The number of nitrogens with one attached hydrogen (secondary N) is 2. The molecule has 0 saturated carbocycles. The van der Waals surface area contributed by atoms with Crippen LogP contribution in [-0.2, 0) is 20.8 Å². The summed E-state index contributed by atoms with van der Waals surface area (Å²) in [6, 6.07) is 8.64. The number of carbonyl (C=O) groups excluding carboxylic acids is 4. The van der Waals surface area contributed by atoms with E-state index in [0.717, 1.165) is 23.1 Å². The average Bonchev–Trinajstić information content (AvgIpc) is 3.74. The second-order valence-electron chi connectivity index (χ2n) is 8.71. The van der Waals surface area contributed by atoms with Gasteiger partial charge in [0.25, 0.3) is 11.6 Å². The minimum Gasteiger partial charge on any atom is -0.462 e. The van der Waals surface area contributed by atoms with E-state index in [2.05, 4.69) is 20.8 Å². The fourth-order valence-electron chi connectivity index (χ4n) is 3.88.